The quantitative estimate of drug-likeness (QED) is 0.704. The summed E-state index contributed by atoms with van der Waals surface area (Å²) in [5.41, 5.74) is 0. The third-order valence-electron chi connectivity index (χ3n) is 2.17. The summed E-state index contributed by atoms with van der Waals surface area (Å²) in [5, 5.41) is 11.2. The first-order valence-corrected chi connectivity index (χ1v) is 5.83. The lowest BCUT2D eigenvalue weighted by Crippen LogP contribution is -2.46. The monoisotopic (exact) mass is 233 g/mol. The minimum atomic E-state index is -1.06. The molecule has 1 heterocycles. The second-order valence-corrected chi connectivity index (χ2v) is 4.67. The Labute approximate surface area is 92.6 Å². The van der Waals surface area contributed by atoms with Crippen LogP contribution in [-0.4, -0.2) is 47.7 Å². The number of carbonyl (C=O) groups excluding carboxylic acids is 1. The number of amides is 1. The summed E-state index contributed by atoms with van der Waals surface area (Å²) < 4.78 is 4.73. The van der Waals surface area contributed by atoms with Crippen LogP contribution < -0.4 is 5.32 Å². The molecule has 0 aromatic carbocycles. The lowest BCUT2D eigenvalue weighted by atomic mass is 10.2. The van der Waals surface area contributed by atoms with Crippen LogP contribution in [-0.2, 0) is 14.3 Å². The minimum absolute atomic E-state index is 0.00153. The average molecular weight is 233 g/mol. The van der Waals surface area contributed by atoms with Gasteiger partial charge < -0.3 is 15.2 Å². The third kappa shape index (κ3) is 3.71. The van der Waals surface area contributed by atoms with Crippen LogP contribution in [0.5, 0.6) is 0 Å². The number of hydrogen-bond acceptors (Lipinski definition) is 4. The molecular formula is C9H15NO4S. The molecule has 0 aromatic rings. The lowest BCUT2D eigenvalue weighted by molar-refractivity contribution is -0.143. The van der Waals surface area contributed by atoms with Gasteiger partial charge in [0.2, 0.25) is 5.91 Å². The van der Waals surface area contributed by atoms with Gasteiger partial charge in [0.1, 0.15) is 0 Å². The van der Waals surface area contributed by atoms with Crippen molar-refractivity contribution < 1.29 is 19.4 Å². The second kappa shape index (κ2) is 5.97. The van der Waals surface area contributed by atoms with Gasteiger partial charge in [-0.05, 0) is 18.6 Å². The van der Waals surface area contributed by atoms with Crippen LogP contribution in [0.25, 0.3) is 0 Å². The summed E-state index contributed by atoms with van der Waals surface area (Å²) in [6.45, 7) is -0.00153. The zero-order chi connectivity index (χ0) is 11.3. The molecule has 0 spiro atoms. The van der Waals surface area contributed by atoms with E-state index in [2.05, 4.69) is 5.32 Å². The van der Waals surface area contributed by atoms with Crippen LogP contribution in [0.2, 0.25) is 0 Å². The molecule has 0 saturated carbocycles. The molecule has 2 N–H and O–H groups in total. The highest BCUT2D eigenvalue weighted by Gasteiger charge is 2.27. The molecule has 0 bridgehead atoms. The number of carboxylic acids is 1. The summed E-state index contributed by atoms with van der Waals surface area (Å²) in [6, 6.07) is -0.941. The van der Waals surface area contributed by atoms with Gasteiger partial charge in [0, 0.05) is 7.11 Å². The van der Waals surface area contributed by atoms with Crippen LogP contribution in [0.15, 0.2) is 0 Å². The predicted molar refractivity (Wildman–Crippen MR) is 56.9 cm³/mol. The molecule has 1 amide bonds. The number of ether oxygens (including phenoxy) is 1. The van der Waals surface area contributed by atoms with E-state index in [1.54, 1.807) is 11.8 Å². The molecule has 0 radical (unpaired) electrons. The van der Waals surface area contributed by atoms with E-state index in [0.29, 0.717) is 0 Å². The Kier molecular flexibility index (Phi) is 4.90. The number of hydrogen-bond donors (Lipinski definition) is 2. The number of nitrogens with one attached hydrogen (secondary N) is 1. The minimum Gasteiger partial charge on any atom is -0.480 e. The van der Waals surface area contributed by atoms with Gasteiger partial charge in [0.15, 0.2) is 6.04 Å². The van der Waals surface area contributed by atoms with E-state index >= 15 is 0 Å². The fraction of sp³-hybridized carbons (Fsp3) is 0.778. The Balaban J connectivity index is 2.42. The van der Waals surface area contributed by atoms with E-state index in [9.17, 15) is 9.59 Å². The highest BCUT2D eigenvalue weighted by atomic mass is 32.2. The van der Waals surface area contributed by atoms with Crippen molar-refractivity contribution in [3.05, 3.63) is 0 Å². The Hall–Kier alpha value is -0.750. The molecule has 5 nitrogen and oxygen atoms in total. The Morgan fingerprint density at radius 1 is 1.67 bits per heavy atom. The van der Waals surface area contributed by atoms with E-state index in [1.807, 2.05) is 0 Å². The molecule has 0 aliphatic carbocycles. The van der Waals surface area contributed by atoms with Gasteiger partial charge in [-0.3, -0.25) is 4.79 Å². The van der Waals surface area contributed by atoms with Crippen molar-refractivity contribution in [3.8, 4) is 0 Å². The van der Waals surface area contributed by atoms with Crippen molar-refractivity contribution in [3.63, 3.8) is 0 Å². The summed E-state index contributed by atoms with van der Waals surface area (Å²) in [5.74, 6) is -0.282. The van der Waals surface area contributed by atoms with Gasteiger partial charge in [-0.1, -0.05) is 0 Å². The number of rotatable bonds is 5. The van der Waals surface area contributed by atoms with Crippen molar-refractivity contribution in [1.29, 1.82) is 0 Å². The first-order valence-electron chi connectivity index (χ1n) is 4.79. The van der Waals surface area contributed by atoms with Gasteiger partial charge in [0.25, 0.3) is 0 Å². The molecule has 86 valence electrons. The van der Waals surface area contributed by atoms with E-state index < -0.39 is 12.0 Å². The van der Waals surface area contributed by atoms with Crippen molar-refractivity contribution in [2.75, 3.05) is 19.5 Å². The molecule has 15 heavy (non-hydrogen) atoms. The van der Waals surface area contributed by atoms with Crippen LogP contribution in [0.1, 0.15) is 12.8 Å². The van der Waals surface area contributed by atoms with Gasteiger partial charge in [0.05, 0.1) is 11.9 Å². The zero-order valence-electron chi connectivity index (χ0n) is 8.56. The second-order valence-electron chi connectivity index (χ2n) is 3.36. The maximum atomic E-state index is 11.6. The number of aliphatic carboxylic acids is 1. The van der Waals surface area contributed by atoms with E-state index in [1.165, 1.54) is 7.11 Å². The first-order chi connectivity index (χ1) is 7.15. The molecule has 1 fully saturated rings. The van der Waals surface area contributed by atoms with Gasteiger partial charge in [-0.15, -0.1) is 11.8 Å². The number of carboxylic acid groups (broad SMARTS) is 1. The normalized spacial score (nSPS) is 22.3. The van der Waals surface area contributed by atoms with Crippen molar-refractivity contribution in [2.24, 2.45) is 0 Å². The highest BCUT2D eigenvalue weighted by Crippen LogP contribution is 2.26. The number of carbonyl (C=O) groups is 2. The molecule has 1 saturated heterocycles. The molecule has 1 rings (SSSR count). The summed E-state index contributed by atoms with van der Waals surface area (Å²) >= 11 is 1.58. The molecular weight excluding hydrogens is 218 g/mol. The van der Waals surface area contributed by atoms with Crippen LogP contribution in [0.3, 0.4) is 0 Å². The van der Waals surface area contributed by atoms with Crippen molar-refractivity contribution >= 4 is 23.6 Å². The van der Waals surface area contributed by atoms with Crippen LogP contribution >= 0.6 is 11.8 Å². The summed E-state index contributed by atoms with van der Waals surface area (Å²) in [4.78, 5) is 22.3. The zero-order valence-corrected chi connectivity index (χ0v) is 9.38. The largest absolute Gasteiger partial charge is 0.480 e. The van der Waals surface area contributed by atoms with E-state index in [0.717, 1.165) is 18.6 Å². The molecule has 0 aromatic heterocycles. The predicted octanol–water partition coefficient (Wildman–Crippen LogP) is 0.0978. The highest BCUT2D eigenvalue weighted by molar-refractivity contribution is 8.00. The fourth-order valence-corrected chi connectivity index (χ4v) is 2.56. The Morgan fingerprint density at radius 3 is 2.87 bits per heavy atom. The molecule has 2 atom stereocenters. The van der Waals surface area contributed by atoms with Crippen molar-refractivity contribution in [1.82, 2.24) is 5.32 Å². The van der Waals surface area contributed by atoms with E-state index in [-0.39, 0.29) is 17.8 Å². The van der Waals surface area contributed by atoms with Crippen molar-refractivity contribution in [2.45, 2.75) is 24.1 Å². The maximum Gasteiger partial charge on any atom is 0.328 e. The Morgan fingerprint density at radius 2 is 2.40 bits per heavy atom. The molecule has 1 aliphatic heterocycles. The van der Waals surface area contributed by atoms with Crippen LogP contribution in [0, 0.1) is 0 Å². The Bertz CT molecular complexity index is 240. The van der Waals surface area contributed by atoms with Crippen LogP contribution in [0.4, 0.5) is 0 Å². The standard InChI is InChI=1S/C9H15NO4S/c1-14-5-6(9(12)13)10-8(11)7-3-2-4-15-7/h6-7H,2-5H2,1H3,(H,10,11)(H,12,13). The topological polar surface area (TPSA) is 75.6 Å². The molecule has 1 aliphatic rings. The van der Waals surface area contributed by atoms with E-state index in [4.69, 9.17) is 9.84 Å². The smallest absolute Gasteiger partial charge is 0.328 e. The number of methoxy groups -OCH3 is 1. The lowest BCUT2D eigenvalue weighted by Gasteiger charge is -2.15. The van der Waals surface area contributed by atoms with Gasteiger partial charge >= 0.3 is 5.97 Å². The SMILES string of the molecule is COCC(NC(=O)C1CCCS1)C(=O)O. The summed E-state index contributed by atoms with van der Waals surface area (Å²) in [6.07, 6.45) is 1.85. The number of thioether (sulfide) groups is 1. The average Bonchev–Trinajstić information content (AvgIpc) is 2.69. The van der Waals surface area contributed by atoms with Gasteiger partial charge in [-0.2, -0.15) is 0 Å². The molecule has 6 heteroatoms. The third-order valence-corrected chi connectivity index (χ3v) is 3.55. The molecule has 2 unspecified atom stereocenters. The summed E-state index contributed by atoms with van der Waals surface area (Å²) in [7, 11) is 1.41. The fourth-order valence-electron chi connectivity index (χ4n) is 1.39. The maximum absolute atomic E-state index is 11.6. The van der Waals surface area contributed by atoms with Gasteiger partial charge in [-0.25, -0.2) is 4.79 Å². The first kappa shape index (κ1) is 12.3.